The molecule has 160 valence electrons. The van der Waals surface area contributed by atoms with Crippen molar-refractivity contribution in [2.24, 2.45) is 0 Å². The van der Waals surface area contributed by atoms with Crippen LogP contribution in [0.5, 0.6) is 5.88 Å². The predicted molar refractivity (Wildman–Crippen MR) is 97.5 cm³/mol. The number of nitriles is 1. The number of pyridine rings is 1. The fraction of sp³-hybridized carbons (Fsp3) is 0.316. The number of carbonyl (C=O) groups excluding carboxylic acids is 1. The van der Waals surface area contributed by atoms with Crippen LogP contribution in [0.4, 0.5) is 23.2 Å². The summed E-state index contributed by atoms with van der Waals surface area (Å²) < 4.78 is 57.6. The van der Waals surface area contributed by atoms with Gasteiger partial charge in [0.25, 0.3) is 5.95 Å². The van der Waals surface area contributed by atoms with Crippen LogP contribution < -0.4 is 10.1 Å². The number of hydrogen-bond donors (Lipinski definition) is 1. The Morgan fingerprint density at radius 2 is 2.10 bits per heavy atom. The lowest BCUT2D eigenvalue weighted by Gasteiger charge is -2.19. The van der Waals surface area contributed by atoms with Crippen molar-refractivity contribution < 1.29 is 27.1 Å². The molecule has 3 heterocycles. The minimum atomic E-state index is -3.15. The highest BCUT2D eigenvalue weighted by Gasteiger charge is 2.43. The molecule has 1 atom stereocenters. The van der Waals surface area contributed by atoms with E-state index in [0.29, 0.717) is 17.7 Å². The number of ether oxygens (including phenoxy) is 1. The van der Waals surface area contributed by atoms with Gasteiger partial charge in [-0.15, -0.1) is 5.10 Å². The molecule has 31 heavy (non-hydrogen) atoms. The van der Waals surface area contributed by atoms with Crippen molar-refractivity contribution in [2.45, 2.75) is 38.2 Å². The second-order valence-corrected chi connectivity index (χ2v) is 7.60. The third-order valence-corrected chi connectivity index (χ3v) is 5.06. The minimum absolute atomic E-state index is 0.0969. The Bertz CT molecular complexity index is 1250. The fourth-order valence-corrected chi connectivity index (χ4v) is 3.84. The van der Waals surface area contributed by atoms with E-state index in [1.165, 1.54) is 6.20 Å². The van der Waals surface area contributed by atoms with Crippen LogP contribution >= 0.6 is 0 Å². The first-order valence-corrected chi connectivity index (χ1v) is 9.01. The number of fused-ring (bicyclic) bond motifs is 3. The number of nitrogens with one attached hydrogen (secondary N) is 1. The summed E-state index contributed by atoms with van der Waals surface area (Å²) >= 11 is 0. The molecular formula is C19H14F4N6O2. The van der Waals surface area contributed by atoms with E-state index in [-0.39, 0.29) is 16.9 Å². The van der Waals surface area contributed by atoms with Gasteiger partial charge in [0.1, 0.15) is 11.6 Å². The lowest BCUT2D eigenvalue weighted by molar-refractivity contribution is -0.117. The largest absolute Gasteiger partial charge is 0.415 e. The van der Waals surface area contributed by atoms with E-state index in [1.54, 1.807) is 6.07 Å². The molecule has 0 unspecified atom stereocenters. The highest BCUT2D eigenvalue weighted by Crippen LogP contribution is 2.46. The van der Waals surface area contributed by atoms with Crippen molar-refractivity contribution in [3.63, 3.8) is 0 Å². The molecule has 0 aromatic carbocycles. The summed E-state index contributed by atoms with van der Waals surface area (Å²) in [6, 6.07) is 2.83. The summed E-state index contributed by atoms with van der Waals surface area (Å²) in [5, 5.41) is 15.3. The molecule has 12 heteroatoms. The number of rotatable bonds is 4. The van der Waals surface area contributed by atoms with Gasteiger partial charge in [0.2, 0.25) is 17.6 Å². The molecule has 0 fully saturated rings. The molecule has 1 aliphatic carbocycles. The number of hydrogen-bond acceptors (Lipinski definition) is 6. The first kappa shape index (κ1) is 20.5. The van der Waals surface area contributed by atoms with Gasteiger partial charge in [-0.1, -0.05) is 13.8 Å². The van der Waals surface area contributed by atoms with Gasteiger partial charge < -0.3 is 10.1 Å². The average molecular weight is 434 g/mol. The van der Waals surface area contributed by atoms with Gasteiger partial charge in [-0.2, -0.15) is 22.8 Å². The fourth-order valence-electron chi connectivity index (χ4n) is 3.84. The van der Waals surface area contributed by atoms with Crippen molar-refractivity contribution in [1.29, 1.82) is 5.26 Å². The molecular weight excluding hydrogens is 420 g/mol. The van der Waals surface area contributed by atoms with Crippen LogP contribution in [-0.2, 0) is 10.2 Å². The van der Waals surface area contributed by atoms with Crippen LogP contribution in [0.1, 0.15) is 43.0 Å². The minimum Gasteiger partial charge on any atom is -0.415 e. The highest BCUT2D eigenvalue weighted by atomic mass is 19.3. The average Bonchev–Trinajstić information content (AvgIpc) is 3.15. The summed E-state index contributed by atoms with van der Waals surface area (Å²) in [7, 11) is 0. The standard InChI is InChI=1S/C19H14F4N6O2/c1-19(2)4-10(11-7-25-15-12(20)14(21)28-29(15)13(11)19)16(30)27-9-3-8(5-24)17(26-6-9)31-18(22)23/h3,6-7,10,18H,4H2,1-2H3,(H,27,30)/t10-/m1/s1. The van der Waals surface area contributed by atoms with E-state index < -0.39 is 41.5 Å². The zero-order valence-electron chi connectivity index (χ0n) is 16.2. The topological polar surface area (TPSA) is 105 Å². The highest BCUT2D eigenvalue weighted by molar-refractivity contribution is 5.96. The molecule has 3 aromatic heterocycles. The number of halogens is 4. The second kappa shape index (κ2) is 7.19. The molecule has 1 aliphatic rings. The monoisotopic (exact) mass is 434 g/mol. The van der Waals surface area contributed by atoms with E-state index in [4.69, 9.17) is 5.26 Å². The first-order chi connectivity index (χ1) is 14.6. The second-order valence-electron chi connectivity index (χ2n) is 7.60. The van der Waals surface area contributed by atoms with Crippen LogP contribution in [0.3, 0.4) is 0 Å². The molecule has 4 rings (SSSR count). The number of aromatic nitrogens is 4. The van der Waals surface area contributed by atoms with Crippen LogP contribution in [-0.4, -0.2) is 32.1 Å². The number of anilines is 1. The van der Waals surface area contributed by atoms with Crippen molar-refractivity contribution in [3.05, 3.63) is 47.0 Å². The van der Waals surface area contributed by atoms with Gasteiger partial charge in [-0.3, -0.25) is 4.79 Å². The van der Waals surface area contributed by atoms with Crippen LogP contribution in [0, 0.1) is 23.1 Å². The van der Waals surface area contributed by atoms with Gasteiger partial charge >= 0.3 is 6.61 Å². The summed E-state index contributed by atoms with van der Waals surface area (Å²) in [5.74, 6) is -4.25. The quantitative estimate of drug-likeness (QED) is 0.632. The van der Waals surface area contributed by atoms with E-state index in [0.717, 1.165) is 16.8 Å². The molecule has 0 saturated heterocycles. The Kier molecular flexibility index (Phi) is 4.76. The molecule has 3 aromatic rings. The maximum absolute atomic E-state index is 13.9. The van der Waals surface area contributed by atoms with E-state index in [9.17, 15) is 22.4 Å². The number of nitrogens with zero attached hydrogens (tertiary/aromatic N) is 5. The lowest BCUT2D eigenvalue weighted by atomic mass is 9.88. The number of alkyl halides is 2. The van der Waals surface area contributed by atoms with Crippen LogP contribution in [0.15, 0.2) is 18.5 Å². The van der Waals surface area contributed by atoms with Crippen molar-refractivity contribution in [2.75, 3.05) is 5.32 Å². The van der Waals surface area contributed by atoms with Gasteiger partial charge in [0.15, 0.2) is 5.65 Å². The molecule has 1 N–H and O–H groups in total. The van der Waals surface area contributed by atoms with Crippen molar-refractivity contribution in [3.8, 4) is 11.9 Å². The molecule has 1 amide bonds. The maximum atomic E-state index is 13.9. The Hall–Kier alpha value is -3.75. The smallest absolute Gasteiger partial charge is 0.388 e. The van der Waals surface area contributed by atoms with E-state index in [2.05, 4.69) is 25.1 Å². The Morgan fingerprint density at radius 1 is 1.35 bits per heavy atom. The molecule has 0 spiro atoms. The van der Waals surface area contributed by atoms with E-state index in [1.807, 2.05) is 13.8 Å². The Labute approximate surface area is 172 Å². The zero-order chi connectivity index (χ0) is 22.5. The van der Waals surface area contributed by atoms with E-state index >= 15 is 0 Å². The van der Waals surface area contributed by atoms with Crippen LogP contribution in [0.2, 0.25) is 0 Å². The molecule has 8 nitrogen and oxygen atoms in total. The Balaban J connectivity index is 1.67. The molecule has 0 bridgehead atoms. The van der Waals surface area contributed by atoms with Crippen LogP contribution in [0.25, 0.3) is 5.65 Å². The number of carbonyl (C=O) groups is 1. The summed E-state index contributed by atoms with van der Waals surface area (Å²) in [5.41, 5.74) is -0.215. The summed E-state index contributed by atoms with van der Waals surface area (Å²) in [4.78, 5) is 20.5. The maximum Gasteiger partial charge on any atom is 0.388 e. The third-order valence-electron chi connectivity index (χ3n) is 5.06. The summed E-state index contributed by atoms with van der Waals surface area (Å²) in [6.45, 7) is 0.461. The lowest BCUT2D eigenvalue weighted by Crippen LogP contribution is -2.22. The van der Waals surface area contributed by atoms with Gasteiger partial charge in [0.05, 0.1) is 23.5 Å². The third kappa shape index (κ3) is 3.41. The zero-order valence-corrected chi connectivity index (χ0v) is 16.2. The van der Waals surface area contributed by atoms with Crippen molar-refractivity contribution in [1.82, 2.24) is 19.6 Å². The van der Waals surface area contributed by atoms with Gasteiger partial charge in [0, 0.05) is 17.2 Å². The summed E-state index contributed by atoms with van der Waals surface area (Å²) in [6.07, 6.45) is 2.69. The normalized spacial score (nSPS) is 16.9. The SMILES string of the molecule is CC1(C)C[C@@H](C(=O)Nc2cnc(OC(F)F)c(C#N)c2)c2cnc3c(F)c(F)nn3c21. The molecule has 0 aliphatic heterocycles. The first-order valence-electron chi connectivity index (χ1n) is 9.01. The molecule has 0 radical (unpaired) electrons. The number of amides is 1. The predicted octanol–water partition coefficient (Wildman–Crippen LogP) is 3.28. The van der Waals surface area contributed by atoms with Gasteiger partial charge in [-0.25, -0.2) is 14.5 Å². The molecule has 0 saturated carbocycles. The van der Waals surface area contributed by atoms with Gasteiger partial charge in [-0.05, 0) is 12.5 Å². The Morgan fingerprint density at radius 3 is 2.77 bits per heavy atom. The van der Waals surface area contributed by atoms with Crippen molar-refractivity contribution >= 4 is 17.2 Å².